The number of carbonyl (C=O) groups is 2. The second kappa shape index (κ2) is 7.28. The van der Waals surface area contributed by atoms with Crippen molar-refractivity contribution in [1.82, 2.24) is 14.8 Å². The number of hydrogen-bond acceptors (Lipinski definition) is 5. The lowest BCUT2D eigenvalue weighted by molar-refractivity contribution is 0.0526. The Morgan fingerprint density at radius 3 is 2.38 bits per heavy atom. The lowest BCUT2D eigenvalue weighted by Crippen LogP contribution is -2.42. The van der Waals surface area contributed by atoms with Gasteiger partial charge in [-0.15, -0.1) is 4.83 Å². The SMILES string of the molecule is CCOC(=O)c1ccc(S(=O)(=O)NNC(=O)c2cccn2C)cc1. The molecule has 0 saturated heterocycles. The van der Waals surface area contributed by atoms with Gasteiger partial charge < -0.3 is 9.30 Å². The maximum atomic E-state index is 12.1. The van der Waals surface area contributed by atoms with E-state index in [-0.39, 0.29) is 17.1 Å². The first kappa shape index (κ1) is 17.7. The van der Waals surface area contributed by atoms with Crippen LogP contribution in [0.25, 0.3) is 0 Å². The van der Waals surface area contributed by atoms with Gasteiger partial charge in [0.05, 0.1) is 17.1 Å². The van der Waals surface area contributed by atoms with Crippen LogP contribution >= 0.6 is 0 Å². The second-order valence-corrected chi connectivity index (χ2v) is 6.49. The monoisotopic (exact) mass is 351 g/mol. The van der Waals surface area contributed by atoms with Gasteiger partial charge in [-0.3, -0.25) is 10.2 Å². The molecule has 0 atom stereocenters. The number of rotatable bonds is 6. The van der Waals surface area contributed by atoms with Crippen LogP contribution in [0.15, 0.2) is 47.5 Å². The molecule has 0 radical (unpaired) electrons. The molecule has 0 saturated carbocycles. The van der Waals surface area contributed by atoms with Crippen molar-refractivity contribution in [3.05, 3.63) is 53.9 Å². The lowest BCUT2D eigenvalue weighted by atomic mass is 10.2. The zero-order valence-corrected chi connectivity index (χ0v) is 14.0. The Morgan fingerprint density at radius 2 is 1.83 bits per heavy atom. The zero-order chi connectivity index (χ0) is 17.7. The summed E-state index contributed by atoms with van der Waals surface area (Å²) in [6, 6.07) is 8.40. The highest BCUT2D eigenvalue weighted by molar-refractivity contribution is 7.89. The number of nitrogens with zero attached hydrogens (tertiary/aromatic N) is 1. The highest BCUT2D eigenvalue weighted by Gasteiger charge is 2.17. The van der Waals surface area contributed by atoms with Gasteiger partial charge in [0.15, 0.2) is 0 Å². The first-order chi connectivity index (χ1) is 11.3. The predicted octanol–water partition coefficient (Wildman–Crippen LogP) is 0.825. The number of carbonyl (C=O) groups excluding carboxylic acids is 2. The van der Waals surface area contributed by atoms with Crippen molar-refractivity contribution in [2.24, 2.45) is 7.05 Å². The van der Waals surface area contributed by atoms with E-state index in [0.29, 0.717) is 5.69 Å². The lowest BCUT2D eigenvalue weighted by Gasteiger charge is -2.09. The quantitative estimate of drug-likeness (QED) is 0.592. The second-order valence-electron chi connectivity index (χ2n) is 4.81. The molecule has 1 aromatic heterocycles. The number of aromatic nitrogens is 1. The fourth-order valence-corrected chi connectivity index (χ4v) is 2.76. The van der Waals surface area contributed by atoms with E-state index in [2.05, 4.69) is 5.43 Å². The molecule has 2 rings (SSSR count). The summed E-state index contributed by atoms with van der Waals surface area (Å²) >= 11 is 0. The maximum Gasteiger partial charge on any atom is 0.338 e. The van der Waals surface area contributed by atoms with Crippen molar-refractivity contribution in [3.63, 3.8) is 0 Å². The molecule has 128 valence electrons. The van der Waals surface area contributed by atoms with Gasteiger partial charge in [-0.2, -0.15) is 0 Å². The van der Waals surface area contributed by atoms with Crippen LogP contribution in [0.3, 0.4) is 0 Å². The molecule has 1 aromatic carbocycles. The molecule has 0 unspecified atom stereocenters. The molecule has 0 spiro atoms. The first-order valence-corrected chi connectivity index (χ1v) is 8.54. The number of aryl methyl sites for hydroxylation is 1. The summed E-state index contributed by atoms with van der Waals surface area (Å²) in [5.74, 6) is -1.12. The average Bonchev–Trinajstić information content (AvgIpc) is 2.99. The first-order valence-electron chi connectivity index (χ1n) is 7.06. The summed E-state index contributed by atoms with van der Waals surface area (Å²) in [6.07, 6.45) is 1.66. The van der Waals surface area contributed by atoms with Gasteiger partial charge in [-0.1, -0.05) is 0 Å². The molecule has 0 fully saturated rings. The van der Waals surface area contributed by atoms with E-state index >= 15 is 0 Å². The number of sulfonamides is 1. The average molecular weight is 351 g/mol. The molecule has 0 bridgehead atoms. The Hall–Kier alpha value is -2.65. The number of amides is 1. The van der Waals surface area contributed by atoms with Crippen LogP contribution in [0.4, 0.5) is 0 Å². The summed E-state index contributed by atoms with van der Waals surface area (Å²) < 4.78 is 30.7. The minimum Gasteiger partial charge on any atom is -0.462 e. The van der Waals surface area contributed by atoms with Crippen LogP contribution in [0, 0.1) is 0 Å². The van der Waals surface area contributed by atoms with E-state index in [1.54, 1.807) is 36.9 Å². The van der Waals surface area contributed by atoms with Crippen LogP contribution in [0.2, 0.25) is 0 Å². The van der Waals surface area contributed by atoms with E-state index in [9.17, 15) is 18.0 Å². The molecule has 24 heavy (non-hydrogen) atoms. The van der Waals surface area contributed by atoms with Gasteiger partial charge in [-0.25, -0.2) is 13.2 Å². The summed E-state index contributed by atoms with van der Waals surface area (Å²) in [5, 5.41) is 0. The number of benzene rings is 1. The minimum absolute atomic E-state index is 0.0947. The number of hydrogen-bond donors (Lipinski definition) is 2. The van der Waals surface area contributed by atoms with Gasteiger partial charge >= 0.3 is 5.97 Å². The molecular formula is C15H17N3O5S. The third-order valence-electron chi connectivity index (χ3n) is 3.15. The van der Waals surface area contributed by atoms with Gasteiger partial charge in [0, 0.05) is 13.2 Å². The van der Waals surface area contributed by atoms with E-state index in [1.807, 2.05) is 4.83 Å². The smallest absolute Gasteiger partial charge is 0.338 e. The summed E-state index contributed by atoms with van der Waals surface area (Å²) in [6.45, 7) is 1.90. The highest BCUT2D eigenvalue weighted by atomic mass is 32.2. The normalized spacial score (nSPS) is 11.1. The van der Waals surface area contributed by atoms with E-state index in [4.69, 9.17) is 4.74 Å². The standard InChI is InChI=1S/C15H17N3O5S/c1-3-23-15(20)11-6-8-12(9-7-11)24(21,22)17-16-14(19)13-5-4-10-18(13)2/h4-10,17H,3H2,1-2H3,(H,16,19). The fraction of sp³-hybridized carbons (Fsp3) is 0.200. The van der Waals surface area contributed by atoms with Gasteiger partial charge in [0.25, 0.3) is 15.9 Å². The minimum atomic E-state index is -3.96. The third-order valence-corrected chi connectivity index (χ3v) is 4.41. The molecule has 0 aliphatic heterocycles. The Bertz CT molecular complexity index is 840. The van der Waals surface area contributed by atoms with E-state index < -0.39 is 21.9 Å². The van der Waals surface area contributed by atoms with Crippen molar-refractivity contribution in [1.29, 1.82) is 0 Å². The Balaban J connectivity index is 2.06. The molecule has 9 heteroatoms. The van der Waals surface area contributed by atoms with Crippen molar-refractivity contribution in [2.75, 3.05) is 6.61 Å². The Labute approximate surface area is 139 Å². The summed E-state index contributed by atoms with van der Waals surface area (Å²) in [7, 11) is -2.29. The number of nitrogens with one attached hydrogen (secondary N) is 2. The largest absolute Gasteiger partial charge is 0.462 e. The highest BCUT2D eigenvalue weighted by Crippen LogP contribution is 2.11. The molecule has 2 aromatic rings. The van der Waals surface area contributed by atoms with Crippen LogP contribution in [-0.4, -0.2) is 31.5 Å². The number of hydrazine groups is 1. The molecule has 1 heterocycles. The fourth-order valence-electron chi connectivity index (χ4n) is 1.92. The van der Waals surface area contributed by atoms with Gasteiger partial charge in [0.1, 0.15) is 5.69 Å². The molecule has 0 aliphatic rings. The summed E-state index contributed by atoms with van der Waals surface area (Å²) in [4.78, 5) is 25.4. The Morgan fingerprint density at radius 1 is 1.17 bits per heavy atom. The van der Waals surface area contributed by atoms with Gasteiger partial charge in [-0.05, 0) is 43.3 Å². The van der Waals surface area contributed by atoms with E-state index in [0.717, 1.165) is 0 Å². The molecule has 8 nitrogen and oxygen atoms in total. The Kier molecular flexibility index (Phi) is 5.37. The number of ether oxygens (including phenoxy) is 1. The maximum absolute atomic E-state index is 12.1. The summed E-state index contributed by atoms with van der Waals surface area (Å²) in [5.41, 5.74) is 2.67. The van der Waals surface area contributed by atoms with E-state index in [1.165, 1.54) is 24.3 Å². The van der Waals surface area contributed by atoms with Crippen LogP contribution in [-0.2, 0) is 21.8 Å². The van der Waals surface area contributed by atoms with Crippen LogP contribution in [0.1, 0.15) is 27.8 Å². The topological polar surface area (TPSA) is 106 Å². The molecule has 1 amide bonds. The van der Waals surface area contributed by atoms with Crippen LogP contribution < -0.4 is 10.3 Å². The van der Waals surface area contributed by atoms with Crippen molar-refractivity contribution in [2.45, 2.75) is 11.8 Å². The van der Waals surface area contributed by atoms with Crippen molar-refractivity contribution < 1.29 is 22.7 Å². The third kappa shape index (κ3) is 4.00. The zero-order valence-electron chi connectivity index (χ0n) is 13.1. The molecule has 0 aliphatic carbocycles. The van der Waals surface area contributed by atoms with Crippen molar-refractivity contribution in [3.8, 4) is 0 Å². The van der Waals surface area contributed by atoms with Crippen molar-refractivity contribution >= 4 is 21.9 Å². The van der Waals surface area contributed by atoms with Crippen LogP contribution in [0.5, 0.6) is 0 Å². The number of esters is 1. The molecular weight excluding hydrogens is 334 g/mol. The van der Waals surface area contributed by atoms with Gasteiger partial charge in [0.2, 0.25) is 0 Å². The molecule has 2 N–H and O–H groups in total. The predicted molar refractivity (Wildman–Crippen MR) is 85.6 cm³/mol.